The SMILES string of the molecule is CCNC(=NCc1ccc(C)cc1C)NCC(O)c1cc(OC)cc(OC)c1.I. The van der Waals surface area contributed by atoms with Crippen molar-refractivity contribution in [2.24, 2.45) is 4.99 Å². The Morgan fingerprint density at radius 1 is 1.03 bits per heavy atom. The molecule has 1 unspecified atom stereocenters. The van der Waals surface area contributed by atoms with Crippen LogP contribution in [0.5, 0.6) is 11.5 Å². The summed E-state index contributed by atoms with van der Waals surface area (Å²) < 4.78 is 10.5. The zero-order valence-electron chi connectivity index (χ0n) is 17.8. The fourth-order valence-electron chi connectivity index (χ4n) is 2.86. The van der Waals surface area contributed by atoms with Gasteiger partial charge in [0, 0.05) is 19.2 Å². The van der Waals surface area contributed by atoms with Crippen LogP contribution in [0.4, 0.5) is 0 Å². The first-order valence-corrected chi connectivity index (χ1v) is 9.46. The topological polar surface area (TPSA) is 75.1 Å². The smallest absolute Gasteiger partial charge is 0.191 e. The van der Waals surface area contributed by atoms with Gasteiger partial charge in [0.05, 0.1) is 26.9 Å². The van der Waals surface area contributed by atoms with E-state index >= 15 is 0 Å². The fraction of sp³-hybridized carbons (Fsp3) is 0.409. The van der Waals surface area contributed by atoms with Crippen LogP contribution in [-0.4, -0.2) is 38.4 Å². The van der Waals surface area contributed by atoms with Crippen LogP contribution in [-0.2, 0) is 6.54 Å². The van der Waals surface area contributed by atoms with Crippen molar-refractivity contribution in [2.45, 2.75) is 33.4 Å². The van der Waals surface area contributed by atoms with Crippen LogP contribution in [0.1, 0.15) is 35.3 Å². The maximum absolute atomic E-state index is 10.6. The van der Waals surface area contributed by atoms with E-state index in [1.807, 2.05) is 6.92 Å². The molecule has 0 heterocycles. The molecule has 0 amide bonds. The lowest BCUT2D eigenvalue weighted by Crippen LogP contribution is -2.39. The number of methoxy groups -OCH3 is 2. The van der Waals surface area contributed by atoms with E-state index in [4.69, 9.17) is 9.47 Å². The molecule has 6 nitrogen and oxygen atoms in total. The monoisotopic (exact) mass is 513 g/mol. The predicted octanol–water partition coefficient (Wildman–Crippen LogP) is 3.73. The number of hydrogen-bond donors (Lipinski definition) is 3. The van der Waals surface area contributed by atoms with Crippen molar-refractivity contribution in [3.63, 3.8) is 0 Å². The number of aliphatic hydroxyl groups excluding tert-OH is 1. The molecule has 0 aliphatic heterocycles. The maximum Gasteiger partial charge on any atom is 0.191 e. The second kappa shape index (κ2) is 12.5. The quantitative estimate of drug-likeness (QED) is 0.285. The Morgan fingerprint density at radius 3 is 2.24 bits per heavy atom. The van der Waals surface area contributed by atoms with Gasteiger partial charge in [0.15, 0.2) is 5.96 Å². The number of guanidine groups is 1. The zero-order valence-corrected chi connectivity index (χ0v) is 20.1. The average Bonchev–Trinajstić information content (AvgIpc) is 2.70. The molecular formula is C22H32IN3O3. The normalized spacial score (nSPS) is 12.0. The Morgan fingerprint density at radius 2 is 1.69 bits per heavy atom. The van der Waals surface area contributed by atoms with Crippen LogP contribution >= 0.6 is 24.0 Å². The Hall–Kier alpha value is -2.00. The van der Waals surface area contributed by atoms with Gasteiger partial charge in [-0.25, -0.2) is 4.99 Å². The molecule has 0 radical (unpaired) electrons. The summed E-state index contributed by atoms with van der Waals surface area (Å²) in [6.07, 6.45) is -0.728. The van der Waals surface area contributed by atoms with Crippen LogP contribution in [0.3, 0.4) is 0 Å². The van der Waals surface area contributed by atoms with E-state index in [1.54, 1.807) is 32.4 Å². The maximum atomic E-state index is 10.6. The lowest BCUT2D eigenvalue weighted by atomic mass is 10.1. The molecule has 2 rings (SSSR count). The van der Waals surface area contributed by atoms with Crippen molar-refractivity contribution in [1.82, 2.24) is 10.6 Å². The van der Waals surface area contributed by atoms with Gasteiger partial charge in [0.1, 0.15) is 11.5 Å². The number of hydrogen-bond acceptors (Lipinski definition) is 4. The van der Waals surface area contributed by atoms with E-state index in [2.05, 4.69) is 47.7 Å². The van der Waals surface area contributed by atoms with Crippen molar-refractivity contribution in [3.05, 3.63) is 58.7 Å². The predicted molar refractivity (Wildman–Crippen MR) is 129 cm³/mol. The third kappa shape index (κ3) is 7.74. The summed E-state index contributed by atoms with van der Waals surface area (Å²) in [5.41, 5.74) is 4.37. The van der Waals surface area contributed by atoms with E-state index in [9.17, 15) is 5.11 Å². The molecule has 0 bridgehead atoms. The number of benzene rings is 2. The minimum Gasteiger partial charge on any atom is -0.497 e. The third-order valence-electron chi connectivity index (χ3n) is 4.47. The van der Waals surface area contributed by atoms with E-state index in [0.717, 1.165) is 6.54 Å². The largest absolute Gasteiger partial charge is 0.497 e. The minimum absolute atomic E-state index is 0. The number of nitrogens with zero attached hydrogens (tertiary/aromatic N) is 1. The van der Waals surface area contributed by atoms with Crippen molar-refractivity contribution < 1.29 is 14.6 Å². The lowest BCUT2D eigenvalue weighted by Gasteiger charge is -2.17. The van der Waals surface area contributed by atoms with Crippen LogP contribution in [0.2, 0.25) is 0 Å². The molecule has 0 saturated carbocycles. The first-order valence-electron chi connectivity index (χ1n) is 9.46. The van der Waals surface area contributed by atoms with Gasteiger partial charge in [-0.1, -0.05) is 23.8 Å². The fourth-order valence-corrected chi connectivity index (χ4v) is 2.86. The molecule has 0 aromatic heterocycles. The molecule has 2 aromatic rings. The summed E-state index contributed by atoms with van der Waals surface area (Å²) in [5.74, 6) is 1.95. The van der Waals surface area contributed by atoms with Crippen LogP contribution in [0.15, 0.2) is 41.4 Å². The molecule has 7 heteroatoms. The molecule has 0 aliphatic rings. The molecule has 3 N–H and O–H groups in total. The van der Waals surface area contributed by atoms with Gasteiger partial charge in [-0.05, 0) is 49.6 Å². The number of ether oxygens (including phenoxy) is 2. The molecule has 0 aliphatic carbocycles. The first-order chi connectivity index (χ1) is 13.5. The Bertz CT molecular complexity index is 790. The summed E-state index contributed by atoms with van der Waals surface area (Å²) in [5, 5.41) is 17.0. The lowest BCUT2D eigenvalue weighted by molar-refractivity contribution is 0.180. The Balaban J connectivity index is 0.00000420. The highest BCUT2D eigenvalue weighted by atomic mass is 127. The highest BCUT2D eigenvalue weighted by molar-refractivity contribution is 14.0. The van der Waals surface area contributed by atoms with Crippen LogP contribution < -0.4 is 20.1 Å². The van der Waals surface area contributed by atoms with E-state index in [1.165, 1.54) is 16.7 Å². The highest BCUT2D eigenvalue weighted by Gasteiger charge is 2.12. The number of rotatable bonds is 8. The minimum atomic E-state index is -0.728. The molecular weight excluding hydrogens is 481 g/mol. The molecule has 0 saturated heterocycles. The van der Waals surface area contributed by atoms with Crippen LogP contribution in [0, 0.1) is 13.8 Å². The summed E-state index contributed by atoms with van der Waals surface area (Å²) in [6, 6.07) is 11.7. The highest BCUT2D eigenvalue weighted by Crippen LogP contribution is 2.26. The first kappa shape index (κ1) is 25.0. The summed E-state index contributed by atoms with van der Waals surface area (Å²) in [7, 11) is 3.18. The van der Waals surface area contributed by atoms with Gasteiger partial charge in [0.25, 0.3) is 0 Å². The van der Waals surface area contributed by atoms with Gasteiger partial charge in [-0.2, -0.15) is 0 Å². The molecule has 1 atom stereocenters. The van der Waals surface area contributed by atoms with E-state index in [0.29, 0.717) is 36.1 Å². The summed E-state index contributed by atoms with van der Waals surface area (Å²) >= 11 is 0. The van der Waals surface area contributed by atoms with Crippen LogP contribution in [0.25, 0.3) is 0 Å². The number of nitrogens with one attached hydrogen (secondary N) is 2. The average molecular weight is 513 g/mol. The molecule has 2 aromatic carbocycles. The number of aryl methyl sites for hydroxylation is 2. The second-order valence-electron chi connectivity index (χ2n) is 6.67. The molecule has 0 fully saturated rings. The summed E-state index contributed by atoms with van der Waals surface area (Å²) in [6.45, 7) is 7.82. The molecule has 29 heavy (non-hydrogen) atoms. The van der Waals surface area contributed by atoms with Crippen molar-refractivity contribution in [3.8, 4) is 11.5 Å². The van der Waals surface area contributed by atoms with E-state index in [-0.39, 0.29) is 24.0 Å². The molecule has 160 valence electrons. The Kier molecular flexibility index (Phi) is 10.8. The Labute approximate surface area is 190 Å². The van der Waals surface area contributed by atoms with Crippen molar-refractivity contribution >= 4 is 29.9 Å². The number of aliphatic imine (C=N–C) groups is 1. The van der Waals surface area contributed by atoms with E-state index < -0.39 is 6.10 Å². The zero-order chi connectivity index (χ0) is 20.5. The second-order valence-corrected chi connectivity index (χ2v) is 6.67. The van der Waals surface area contributed by atoms with Gasteiger partial charge in [0.2, 0.25) is 0 Å². The van der Waals surface area contributed by atoms with Crippen molar-refractivity contribution in [2.75, 3.05) is 27.3 Å². The van der Waals surface area contributed by atoms with Gasteiger partial charge >= 0.3 is 0 Å². The third-order valence-corrected chi connectivity index (χ3v) is 4.47. The van der Waals surface area contributed by atoms with Gasteiger partial charge in [-0.15, -0.1) is 24.0 Å². The van der Waals surface area contributed by atoms with Gasteiger partial charge < -0.3 is 25.2 Å². The van der Waals surface area contributed by atoms with Crippen molar-refractivity contribution in [1.29, 1.82) is 0 Å². The standard InChI is InChI=1S/C22H31N3O3.HI/c1-6-23-22(24-13-17-8-7-15(2)9-16(17)3)25-14-21(26)18-10-19(27-4)12-20(11-18)28-5;/h7-12,21,26H,6,13-14H2,1-5H3,(H2,23,24,25);1H. The molecule has 0 spiro atoms. The van der Waals surface area contributed by atoms with Gasteiger partial charge in [-0.3, -0.25) is 0 Å². The number of halogens is 1. The summed E-state index contributed by atoms with van der Waals surface area (Å²) in [4.78, 5) is 4.64. The number of aliphatic hydroxyl groups is 1.